The minimum absolute atomic E-state index is 0.0439. The van der Waals surface area contributed by atoms with Gasteiger partial charge in [-0.2, -0.15) is 0 Å². The van der Waals surface area contributed by atoms with Crippen LogP contribution in [0, 0.1) is 10.1 Å². The van der Waals surface area contributed by atoms with E-state index in [4.69, 9.17) is 9.84 Å². The topological polar surface area (TPSA) is 107 Å². The Kier molecular flexibility index (Phi) is 5.79. The van der Waals surface area contributed by atoms with Gasteiger partial charge < -0.3 is 14.6 Å². The number of hydrogen-bond donors (Lipinski definition) is 1. The molecule has 1 aromatic rings. The predicted octanol–water partition coefficient (Wildman–Crippen LogP) is 2.18. The third-order valence-corrected chi connectivity index (χ3v) is 2.81. The van der Waals surface area contributed by atoms with Gasteiger partial charge in [-0.05, 0) is 18.6 Å². The van der Waals surface area contributed by atoms with Gasteiger partial charge >= 0.3 is 5.97 Å². The first kappa shape index (κ1) is 15.8. The molecule has 0 aliphatic carbocycles. The Bertz CT molecular complexity index is 514. The van der Waals surface area contributed by atoms with E-state index in [9.17, 15) is 19.7 Å². The number of aldehydes is 1. The first-order valence-corrected chi connectivity index (χ1v) is 6.05. The van der Waals surface area contributed by atoms with Crippen molar-refractivity contribution in [1.29, 1.82) is 0 Å². The molecule has 20 heavy (non-hydrogen) atoms. The van der Waals surface area contributed by atoms with Gasteiger partial charge in [-0.3, -0.25) is 10.1 Å². The van der Waals surface area contributed by atoms with E-state index in [2.05, 4.69) is 0 Å². The summed E-state index contributed by atoms with van der Waals surface area (Å²) in [7, 11) is 0. The SMILES string of the molecule is CC[C@H](CC=O)OCc1cc(C(=O)O)ccc1[N+](=O)[O-]. The van der Waals surface area contributed by atoms with Crippen LogP contribution in [0.5, 0.6) is 0 Å². The van der Waals surface area contributed by atoms with Gasteiger partial charge in [0.25, 0.3) is 5.69 Å². The minimum atomic E-state index is -1.17. The number of carbonyl (C=O) groups excluding carboxylic acids is 1. The maximum Gasteiger partial charge on any atom is 0.335 e. The summed E-state index contributed by atoms with van der Waals surface area (Å²) < 4.78 is 5.41. The summed E-state index contributed by atoms with van der Waals surface area (Å²) in [6, 6.07) is 3.53. The van der Waals surface area contributed by atoms with E-state index in [-0.39, 0.29) is 35.9 Å². The fourth-order valence-electron chi connectivity index (χ4n) is 1.68. The van der Waals surface area contributed by atoms with Gasteiger partial charge in [0, 0.05) is 12.5 Å². The molecule has 1 N–H and O–H groups in total. The molecule has 0 fully saturated rings. The van der Waals surface area contributed by atoms with Crippen molar-refractivity contribution in [2.45, 2.75) is 32.5 Å². The van der Waals surface area contributed by atoms with Crippen LogP contribution in [0.1, 0.15) is 35.7 Å². The van der Waals surface area contributed by atoms with Gasteiger partial charge in [0.2, 0.25) is 0 Å². The van der Waals surface area contributed by atoms with Gasteiger partial charge in [0.15, 0.2) is 0 Å². The predicted molar refractivity (Wildman–Crippen MR) is 69.6 cm³/mol. The third-order valence-electron chi connectivity index (χ3n) is 2.81. The van der Waals surface area contributed by atoms with Crippen molar-refractivity contribution >= 4 is 17.9 Å². The van der Waals surface area contributed by atoms with Crippen molar-refractivity contribution in [2.24, 2.45) is 0 Å². The van der Waals surface area contributed by atoms with E-state index < -0.39 is 10.9 Å². The molecule has 0 radical (unpaired) electrons. The molecule has 1 atom stereocenters. The molecule has 7 nitrogen and oxygen atoms in total. The number of carbonyl (C=O) groups is 2. The molecule has 0 spiro atoms. The lowest BCUT2D eigenvalue weighted by Gasteiger charge is -2.13. The Morgan fingerprint density at radius 2 is 2.25 bits per heavy atom. The highest BCUT2D eigenvalue weighted by atomic mass is 16.6. The summed E-state index contributed by atoms with van der Waals surface area (Å²) in [4.78, 5) is 31.6. The summed E-state index contributed by atoms with van der Waals surface area (Å²) in [6.45, 7) is 1.72. The lowest BCUT2D eigenvalue weighted by atomic mass is 10.1. The number of benzene rings is 1. The molecule has 0 amide bonds. The largest absolute Gasteiger partial charge is 0.478 e. The summed E-state index contributed by atoms with van der Waals surface area (Å²) >= 11 is 0. The summed E-state index contributed by atoms with van der Waals surface area (Å²) in [5.74, 6) is -1.17. The Labute approximate surface area is 115 Å². The van der Waals surface area contributed by atoms with Crippen molar-refractivity contribution in [1.82, 2.24) is 0 Å². The van der Waals surface area contributed by atoms with E-state index in [1.165, 1.54) is 12.1 Å². The van der Waals surface area contributed by atoms with Crippen molar-refractivity contribution in [2.75, 3.05) is 0 Å². The Morgan fingerprint density at radius 1 is 1.55 bits per heavy atom. The highest BCUT2D eigenvalue weighted by molar-refractivity contribution is 5.88. The zero-order valence-electron chi connectivity index (χ0n) is 10.9. The molecule has 0 aliphatic rings. The van der Waals surface area contributed by atoms with Gasteiger partial charge in [0.05, 0.1) is 28.8 Å². The molecular formula is C13H15NO6. The van der Waals surface area contributed by atoms with Crippen molar-refractivity contribution < 1.29 is 24.4 Å². The summed E-state index contributed by atoms with van der Waals surface area (Å²) in [6.07, 6.45) is 1.17. The van der Waals surface area contributed by atoms with E-state index >= 15 is 0 Å². The zero-order valence-corrected chi connectivity index (χ0v) is 10.9. The highest BCUT2D eigenvalue weighted by Crippen LogP contribution is 2.22. The molecule has 0 saturated heterocycles. The molecule has 0 bridgehead atoms. The van der Waals surface area contributed by atoms with Crippen LogP contribution in [-0.2, 0) is 16.1 Å². The van der Waals surface area contributed by atoms with Gasteiger partial charge in [-0.1, -0.05) is 6.92 Å². The number of aromatic carboxylic acids is 1. The third kappa shape index (κ3) is 4.13. The fourth-order valence-corrected chi connectivity index (χ4v) is 1.68. The average Bonchev–Trinajstić information content (AvgIpc) is 2.42. The average molecular weight is 281 g/mol. The quantitative estimate of drug-likeness (QED) is 0.444. The molecule has 0 saturated carbocycles. The number of ether oxygens (including phenoxy) is 1. The van der Waals surface area contributed by atoms with E-state index in [1.807, 2.05) is 6.92 Å². The molecule has 108 valence electrons. The molecule has 0 aliphatic heterocycles. The van der Waals surface area contributed by atoms with Crippen LogP contribution < -0.4 is 0 Å². The Morgan fingerprint density at radius 3 is 2.75 bits per heavy atom. The van der Waals surface area contributed by atoms with Crippen LogP contribution in [-0.4, -0.2) is 28.4 Å². The molecule has 7 heteroatoms. The van der Waals surface area contributed by atoms with Gasteiger partial charge in [0.1, 0.15) is 6.29 Å². The van der Waals surface area contributed by atoms with Crippen LogP contribution in [0.15, 0.2) is 18.2 Å². The fraction of sp³-hybridized carbons (Fsp3) is 0.385. The molecule has 1 rings (SSSR count). The van der Waals surface area contributed by atoms with Crippen LogP contribution in [0.2, 0.25) is 0 Å². The molecule has 0 aromatic heterocycles. The monoisotopic (exact) mass is 281 g/mol. The Balaban J connectivity index is 2.95. The second kappa shape index (κ2) is 7.34. The second-order valence-corrected chi connectivity index (χ2v) is 4.15. The number of carboxylic acids is 1. The minimum Gasteiger partial charge on any atom is -0.478 e. The van der Waals surface area contributed by atoms with Crippen LogP contribution in [0.3, 0.4) is 0 Å². The molecular weight excluding hydrogens is 266 g/mol. The number of hydrogen-bond acceptors (Lipinski definition) is 5. The zero-order chi connectivity index (χ0) is 15.1. The first-order chi connectivity index (χ1) is 9.49. The molecule has 0 heterocycles. The second-order valence-electron chi connectivity index (χ2n) is 4.15. The molecule has 0 unspecified atom stereocenters. The lowest BCUT2D eigenvalue weighted by molar-refractivity contribution is -0.386. The number of nitrogens with zero attached hydrogens (tertiary/aromatic N) is 1. The normalized spacial score (nSPS) is 11.8. The van der Waals surface area contributed by atoms with Gasteiger partial charge in [-0.25, -0.2) is 4.79 Å². The van der Waals surface area contributed by atoms with Crippen molar-refractivity contribution in [3.8, 4) is 0 Å². The van der Waals surface area contributed by atoms with E-state index in [1.54, 1.807) is 0 Å². The Hall–Kier alpha value is -2.28. The van der Waals surface area contributed by atoms with Crippen molar-refractivity contribution in [3.63, 3.8) is 0 Å². The first-order valence-electron chi connectivity index (χ1n) is 6.05. The van der Waals surface area contributed by atoms with Crippen LogP contribution in [0.25, 0.3) is 0 Å². The molecule has 1 aromatic carbocycles. The lowest BCUT2D eigenvalue weighted by Crippen LogP contribution is -2.13. The van der Waals surface area contributed by atoms with Crippen LogP contribution >= 0.6 is 0 Å². The maximum atomic E-state index is 10.9. The van der Waals surface area contributed by atoms with Crippen molar-refractivity contribution in [3.05, 3.63) is 39.4 Å². The maximum absolute atomic E-state index is 10.9. The number of rotatable bonds is 8. The van der Waals surface area contributed by atoms with E-state index in [0.717, 1.165) is 12.4 Å². The smallest absolute Gasteiger partial charge is 0.335 e. The van der Waals surface area contributed by atoms with E-state index in [0.29, 0.717) is 6.42 Å². The summed E-state index contributed by atoms with van der Waals surface area (Å²) in [5.41, 5.74) is -0.0622. The highest BCUT2D eigenvalue weighted by Gasteiger charge is 2.18. The number of nitro groups is 1. The standard InChI is InChI=1S/C13H15NO6/c1-2-11(5-6-15)20-8-10-7-9(13(16)17)3-4-12(10)14(18)19/h3-4,6-7,11H,2,5,8H2,1H3,(H,16,17)/t11-/m1/s1. The number of carboxylic acid groups (broad SMARTS) is 1. The van der Waals surface area contributed by atoms with Gasteiger partial charge in [-0.15, -0.1) is 0 Å². The number of nitro benzene ring substituents is 1. The summed E-state index contributed by atoms with van der Waals surface area (Å²) in [5, 5.41) is 19.8. The van der Waals surface area contributed by atoms with Crippen LogP contribution in [0.4, 0.5) is 5.69 Å².